The number of aromatic nitrogens is 1. The highest BCUT2D eigenvalue weighted by molar-refractivity contribution is 7.17. The molecule has 1 aromatic carbocycles. The number of hydrogen-bond donors (Lipinski definition) is 1. The summed E-state index contributed by atoms with van der Waals surface area (Å²) in [7, 11) is 0. The third-order valence-corrected chi connectivity index (χ3v) is 7.79. The number of hydrogen-bond acceptors (Lipinski definition) is 3. The van der Waals surface area contributed by atoms with E-state index in [1.165, 1.54) is 12.8 Å². The van der Waals surface area contributed by atoms with Crippen molar-refractivity contribution < 1.29 is 9.59 Å². The van der Waals surface area contributed by atoms with Gasteiger partial charge in [0.15, 0.2) is 0 Å². The number of rotatable bonds is 3. The van der Waals surface area contributed by atoms with Crippen LogP contribution in [0, 0.1) is 6.92 Å². The van der Waals surface area contributed by atoms with Crippen LogP contribution in [0.3, 0.4) is 0 Å². The van der Waals surface area contributed by atoms with Gasteiger partial charge in [-0.15, -0.1) is 11.3 Å². The Morgan fingerprint density at radius 3 is 2.61 bits per heavy atom. The van der Waals surface area contributed by atoms with Crippen LogP contribution < -0.4 is 10.2 Å². The van der Waals surface area contributed by atoms with Crippen LogP contribution in [0.25, 0.3) is 10.2 Å². The van der Waals surface area contributed by atoms with Crippen molar-refractivity contribution in [2.45, 2.75) is 70.5 Å². The molecule has 1 fully saturated rings. The number of nitrogens with one attached hydrogen (secondary N) is 1. The molecular weight excluding hydrogens is 406 g/mol. The summed E-state index contributed by atoms with van der Waals surface area (Å²) in [5, 5.41) is 5.37. The summed E-state index contributed by atoms with van der Waals surface area (Å²) in [6, 6.07) is 12.1. The molecule has 0 unspecified atom stereocenters. The summed E-state index contributed by atoms with van der Waals surface area (Å²) in [5.41, 5.74) is 2.49. The van der Waals surface area contributed by atoms with E-state index in [4.69, 9.17) is 0 Å². The van der Waals surface area contributed by atoms with Crippen LogP contribution in [0.15, 0.2) is 41.8 Å². The molecule has 5 rings (SSSR count). The van der Waals surface area contributed by atoms with Gasteiger partial charge in [0.2, 0.25) is 5.91 Å². The molecule has 0 bridgehead atoms. The van der Waals surface area contributed by atoms with Crippen LogP contribution in [-0.4, -0.2) is 28.0 Å². The molecule has 1 saturated carbocycles. The number of para-hydroxylation sites is 1. The van der Waals surface area contributed by atoms with Crippen LogP contribution in [0.4, 0.5) is 5.69 Å². The smallest absolute Gasteiger partial charge is 0.275 e. The van der Waals surface area contributed by atoms with Crippen LogP contribution in [0.2, 0.25) is 0 Å². The van der Waals surface area contributed by atoms with E-state index < -0.39 is 5.54 Å². The van der Waals surface area contributed by atoms with Crippen LogP contribution >= 0.6 is 11.3 Å². The summed E-state index contributed by atoms with van der Waals surface area (Å²) in [6.07, 6.45) is 6.81. The van der Waals surface area contributed by atoms with Crippen molar-refractivity contribution in [1.82, 2.24) is 9.88 Å². The van der Waals surface area contributed by atoms with Gasteiger partial charge in [0.05, 0.1) is 16.8 Å². The van der Waals surface area contributed by atoms with Crippen LogP contribution in [-0.2, 0) is 11.3 Å². The molecule has 6 heteroatoms. The van der Waals surface area contributed by atoms with Gasteiger partial charge in [0.25, 0.3) is 5.91 Å². The van der Waals surface area contributed by atoms with E-state index in [-0.39, 0.29) is 17.9 Å². The van der Waals surface area contributed by atoms with Gasteiger partial charge < -0.3 is 9.88 Å². The SMILES string of the molecule is Cc1ccccc1N1C(=O)c2cc3sccc3n2C[C@@]1(C)C(=O)NC1CCCCCC1. The second-order valence-corrected chi connectivity index (χ2v) is 10.1. The van der Waals surface area contributed by atoms with Crippen molar-refractivity contribution in [2.24, 2.45) is 0 Å². The number of benzene rings is 1. The molecule has 1 aliphatic heterocycles. The molecule has 1 aliphatic carbocycles. The Kier molecular flexibility index (Phi) is 5.13. The number of aryl methyl sites for hydroxylation is 1. The Bertz CT molecular complexity index is 1140. The Balaban J connectivity index is 1.59. The number of thiophene rings is 1. The summed E-state index contributed by atoms with van der Waals surface area (Å²) in [4.78, 5) is 29.4. The molecule has 5 nitrogen and oxygen atoms in total. The van der Waals surface area contributed by atoms with Crippen molar-refractivity contribution in [3.63, 3.8) is 0 Å². The molecule has 1 atom stereocenters. The fourth-order valence-corrected chi connectivity index (χ4v) is 5.99. The average Bonchev–Trinajstić information content (AvgIpc) is 3.24. The van der Waals surface area contributed by atoms with E-state index in [1.54, 1.807) is 16.2 Å². The largest absolute Gasteiger partial charge is 0.351 e. The van der Waals surface area contributed by atoms with Gasteiger partial charge in [-0.3, -0.25) is 14.5 Å². The number of fused-ring (bicyclic) bond motifs is 3. The Hall–Kier alpha value is -2.60. The molecule has 0 saturated heterocycles. The Morgan fingerprint density at radius 2 is 1.87 bits per heavy atom. The zero-order chi connectivity index (χ0) is 21.6. The first-order valence-electron chi connectivity index (χ1n) is 11.3. The molecule has 3 aromatic rings. The molecule has 0 radical (unpaired) electrons. The van der Waals surface area contributed by atoms with Crippen LogP contribution in [0.1, 0.15) is 61.5 Å². The highest BCUT2D eigenvalue weighted by Crippen LogP contribution is 2.38. The summed E-state index contributed by atoms with van der Waals surface area (Å²) >= 11 is 1.63. The van der Waals surface area contributed by atoms with E-state index in [2.05, 4.69) is 5.32 Å². The van der Waals surface area contributed by atoms with Crippen molar-refractivity contribution >= 4 is 39.1 Å². The zero-order valence-corrected chi connectivity index (χ0v) is 19.0. The normalized spacial score (nSPS) is 22.4. The van der Waals surface area contributed by atoms with E-state index in [1.807, 2.05) is 60.2 Å². The van der Waals surface area contributed by atoms with E-state index >= 15 is 0 Å². The minimum absolute atomic E-state index is 0.0567. The third-order valence-electron chi connectivity index (χ3n) is 6.94. The first-order chi connectivity index (χ1) is 15.0. The lowest BCUT2D eigenvalue weighted by Gasteiger charge is -2.45. The number of amides is 2. The maximum Gasteiger partial charge on any atom is 0.275 e. The molecule has 31 heavy (non-hydrogen) atoms. The first-order valence-corrected chi connectivity index (χ1v) is 12.1. The van der Waals surface area contributed by atoms with E-state index in [9.17, 15) is 9.59 Å². The molecule has 2 aliphatic rings. The number of anilines is 1. The fourth-order valence-electron chi connectivity index (χ4n) is 5.17. The van der Waals surface area contributed by atoms with Crippen LogP contribution in [0.5, 0.6) is 0 Å². The summed E-state index contributed by atoms with van der Waals surface area (Å²) in [5.74, 6) is -0.166. The van der Waals surface area contributed by atoms with Gasteiger partial charge in [0, 0.05) is 11.7 Å². The van der Waals surface area contributed by atoms with Crippen molar-refractivity contribution in [3.8, 4) is 0 Å². The maximum atomic E-state index is 13.8. The fraction of sp³-hybridized carbons (Fsp3) is 0.440. The summed E-state index contributed by atoms with van der Waals surface area (Å²) in [6.45, 7) is 4.37. The Morgan fingerprint density at radius 1 is 1.13 bits per heavy atom. The molecule has 162 valence electrons. The standard InChI is InChI=1S/C25H29N3O2S/c1-17-9-7-8-12-19(17)28-23(29)21-15-22-20(13-14-31-22)27(21)16-25(28,2)24(30)26-18-10-5-3-4-6-11-18/h7-9,12-15,18H,3-6,10-11,16H2,1-2H3,(H,26,30)/t25-/m0/s1. The third kappa shape index (κ3) is 3.37. The maximum absolute atomic E-state index is 13.8. The average molecular weight is 436 g/mol. The van der Waals surface area contributed by atoms with Crippen molar-refractivity contribution in [2.75, 3.05) is 4.90 Å². The second-order valence-electron chi connectivity index (χ2n) is 9.15. The first kappa shape index (κ1) is 20.3. The van der Waals surface area contributed by atoms with Gasteiger partial charge >= 0.3 is 0 Å². The monoisotopic (exact) mass is 435 g/mol. The zero-order valence-electron chi connectivity index (χ0n) is 18.2. The van der Waals surface area contributed by atoms with Gasteiger partial charge in [-0.05, 0) is 55.8 Å². The quantitative estimate of drug-likeness (QED) is 0.570. The molecule has 2 aromatic heterocycles. The topological polar surface area (TPSA) is 54.3 Å². The van der Waals surface area contributed by atoms with E-state index in [0.717, 1.165) is 47.2 Å². The number of nitrogens with zero attached hydrogens (tertiary/aromatic N) is 2. The van der Waals surface area contributed by atoms with Gasteiger partial charge in [-0.25, -0.2) is 0 Å². The Labute approximate surface area is 187 Å². The molecule has 2 amide bonds. The minimum Gasteiger partial charge on any atom is -0.351 e. The predicted molar refractivity (Wildman–Crippen MR) is 126 cm³/mol. The number of carbonyl (C=O) groups excluding carboxylic acids is 2. The van der Waals surface area contributed by atoms with Crippen molar-refractivity contribution in [3.05, 3.63) is 53.0 Å². The lowest BCUT2D eigenvalue weighted by atomic mass is 9.92. The second kappa shape index (κ2) is 7.83. The van der Waals surface area contributed by atoms with Gasteiger partial charge in [0.1, 0.15) is 11.2 Å². The highest BCUT2D eigenvalue weighted by Gasteiger charge is 2.49. The van der Waals surface area contributed by atoms with Crippen molar-refractivity contribution in [1.29, 1.82) is 0 Å². The number of carbonyl (C=O) groups is 2. The lowest BCUT2D eigenvalue weighted by molar-refractivity contribution is -0.127. The molecule has 3 heterocycles. The molecular formula is C25H29N3O2S. The lowest BCUT2D eigenvalue weighted by Crippen LogP contribution is -2.65. The highest BCUT2D eigenvalue weighted by atomic mass is 32.1. The predicted octanol–water partition coefficient (Wildman–Crippen LogP) is 5.27. The molecule has 0 spiro atoms. The van der Waals surface area contributed by atoms with Gasteiger partial charge in [-0.1, -0.05) is 43.9 Å². The van der Waals surface area contributed by atoms with E-state index in [0.29, 0.717) is 12.2 Å². The minimum atomic E-state index is -1.00. The summed E-state index contributed by atoms with van der Waals surface area (Å²) < 4.78 is 3.12. The van der Waals surface area contributed by atoms with Gasteiger partial charge in [-0.2, -0.15) is 0 Å². The molecule has 1 N–H and O–H groups in total.